The molecule has 2 rings (SSSR count). The maximum Gasteiger partial charge on any atom is 0.444 e. The van der Waals surface area contributed by atoms with Gasteiger partial charge in [-0.1, -0.05) is 11.6 Å². The van der Waals surface area contributed by atoms with Gasteiger partial charge >= 0.3 is 6.11 Å². The van der Waals surface area contributed by atoms with Crippen molar-refractivity contribution in [2.75, 3.05) is 19.5 Å². The second-order valence-electron chi connectivity index (χ2n) is 5.01. The van der Waals surface area contributed by atoms with Crippen molar-refractivity contribution < 1.29 is 32.2 Å². The zero-order valence-corrected chi connectivity index (χ0v) is 14.5. The molecule has 5 nitrogen and oxygen atoms in total. The first-order valence-electron chi connectivity index (χ1n) is 7.25. The minimum absolute atomic E-state index is 0.303. The van der Waals surface area contributed by atoms with Crippen LogP contribution in [0.15, 0.2) is 42.5 Å². The number of hydrogen-bond acceptors (Lipinski definition) is 4. The van der Waals surface area contributed by atoms with Crippen LogP contribution >= 0.6 is 11.6 Å². The van der Waals surface area contributed by atoms with Crippen molar-refractivity contribution in [2.24, 2.45) is 0 Å². The molecule has 140 valence electrons. The van der Waals surface area contributed by atoms with E-state index in [-0.39, 0.29) is 5.75 Å². The Morgan fingerprint density at radius 2 is 1.69 bits per heavy atom. The third-order valence-electron chi connectivity index (χ3n) is 3.27. The summed E-state index contributed by atoms with van der Waals surface area (Å²) >= 11 is 4.72. The predicted molar refractivity (Wildman–Crippen MR) is 90.3 cm³/mol. The smallest absolute Gasteiger partial charge is 0.444 e. The molecular formula is C17H15ClF3NO4. The number of ether oxygens (including phenoxy) is 3. The van der Waals surface area contributed by atoms with Gasteiger partial charge in [-0.3, -0.25) is 4.79 Å². The van der Waals surface area contributed by atoms with E-state index in [0.717, 1.165) is 12.1 Å². The Morgan fingerprint density at radius 3 is 2.23 bits per heavy atom. The monoisotopic (exact) mass is 389 g/mol. The summed E-state index contributed by atoms with van der Waals surface area (Å²) in [5, 5.41) is 2.58. The zero-order chi connectivity index (χ0) is 19.3. The number of methoxy groups -OCH3 is 2. The van der Waals surface area contributed by atoms with Gasteiger partial charge in [0.2, 0.25) is 0 Å². The number of amides is 1. The van der Waals surface area contributed by atoms with Gasteiger partial charge < -0.3 is 19.5 Å². The molecular weight excluding hydrogens is 375 g/mol. The van der Waals surface area contributed by atoms with Crippen LogP contribution in [0, 0.1) is 0 Å². The molecule has 0 heterocycles. The number of alkyl halides is 4. The van der Waals surface area contributed by atoms with E-state index in [4.69, 9.17) is 21.1 Å². The predicted octanol–water partition coefficient (Wildman–Crippen LogP) is 4.46. The van der Waals surface area contributed by atoms with E-state index in [0.29, 0.717) is 22.7 Å². The molecule has 0 bridgehead atoms. The molecule has 0 fully saturated rings. The highest BCUT2D eigenvalue weighted by Crippen LogP contribution is 2.30. The molecule has 0 saturated carbocycles. The van der Waals surface area contributed by atoms with Crippen LogP contribution in [0.1, 0.15) is 10.4 Å². The van der Waals surface area contributed by atoms with Crippen molar-refractivity contribution >= 4 is 23.2 Å². The number of hydrogen-bond donors (Lipinski definition) is 1. The van der Waals surface area contributed by atoms with Gasteiger partial charge in [-0.15, -0.1) is 0 Å². The fourth-order valence-corrected chi connectivity index (χ4v) is 2.03. The number of nitrogens with one attached hydrogen (secondary N) is 1. The summed E-state index contributed by atoms with van der Waals surface area (Å²) in [5.74, 6) is 0.0990. The molecule has 1 atom stereocenters. The Labute approximate surface area is 152 Å². The highest BCUT2D eigenvalue weighted by Gasteiger charge is 2.42. The summed E-state index contributed by atoms with van der Waals surface area (Å²) in [4.78, 5) is 12.3. The summed E-state index contributed by atoms with van der Waals surface area (Å²) in [6.45, 7) is 0. The van der Waals surface area contributed by atoms with Crippen molar-refractivity contribution in [3.05, 3.63) is 48.0 Å². The Hall–Kier alpha value is -2.61. The maximum absolute atomic E-state index is 13.1. The van der Waals surface area contributed by atoms with E-state index in [9.17, 15) is 18.0 Å². The van der Waals surface area contributed by atoms with Crippen LogP contribution < -0.4 is 19.5 Å². The topological polar surface area (TPSA) is 56.8 Å². The van der Waals surface area contributed by atoms with Crippen molar-refractivity contribution in [3.63, 3.8) is 0 Å². The van der Waals surface area contributed by atoms with Gasteiger partial charge in [0.1, 0.15) is 5.75 Å². The molecule has 1 amide bonds. The minimum atomic E-state index is -4.16. The SMILES string of the molecule is COc1ccc(C(=O)Nc2ccc(OC(F)(F)[C@H](F)Cl)cc2)cc1OC. The first-order chi connectivity index (χ1) is 12.3. The summed E-state index contributed by atoms with van der Waals surface area (Å²) in [7, 11) is 2.91. The summed E-state index contributed by atoms with van der Waals surface area (Å²) < 4.78 is 53.1. The lowest BCUT2D eigenvalue weighted by atomic mass is 10.2. The van der Waals surface area contributed by atoms with Gasteiger partial charge in [0, 0.05) is 11.3 Å². The van der Waals surface area contributed by atoms with Crippen molar-refractivity contribution in [1.82, 2.24) is 0 Å². The minimum Gasteiger partial charge on any atom is -0.493 e. The second kappa shape index (κ2) is 8.18. The second-order valence-corrected chi connectivity index (χ2v) is 5.40. The molecule has 0 aliphatic carbocycles. The average Bonchev–Trinajstić information content (AvgIpc) is 2.62. The molecule has 9 heteroatoms. The van der Waals surface area contributed by atoms with Crippen LogP contribution in [-0.4, -0.2) is 31.9 Å². The molecule has 0 aliphatic rings. The first-order valence-corrected chi connectivity index (χ1v) is 7.69. The molecule has 0 aliphatic heterocycles. The fourth-order valence-electron chi connectivity index (χ4n) is 1.99. The normalized spacial score (nSPS) is 12.2. The third-order valence-corrected chi connectivity index (χ3v) is 3.52. The van der Waals surface area contributed by atoms with Crippen molar-refractivity contribution in [1.29, 1.82) is 0 Å². The summed E-state index contributed by atoms with van der Waals surface area (Å²) in [5.41, 5.74) is -2.35. The highest BCUT2D eigenvalue weighted by atomic mass is 35.5. The number of halogens is 4. The van der Waals surface area contributed by atoms with Gasteiger partial charge in [-0.25, -0.2) is 4.39 Å². The Bertz CT molecular complexity index is 769. The van der Waals surface area contributed by atoms with E-state index in [1.54, 1.807) is 6.07 Å². The van der Waals surface area contributed by atoms with Gasteiger partial charge in [0.25, 0.3) is 11.5 Å². The number of carbonyl (C=O) groups is 1. The highest BCUT2D eigenvalue weighted by molar-refractivity contribution is 6.20. The van der Waals surface area contributed by atoms with Crippen LogP contribution in [0.25, 0.3) is 0 Å². The van der Waals surface area contributed by atoms with Crippen LogP contribution in [-0.2, 0) is 0 Å². The van der Waals surface area contributed by atoms with Gasteiger partial charge in [0.15, 0.2) is 11.5 Å². The number of anilines is 1. The molecule has 0 saturated heterocycles. The summed E-state index contributed by atoms with van der Waals surface area (Å²) in [6.07, 6.45) is -4.16. The lowest BCUT2D eigenvalue weighted by Crippen LogP contribution is -2.32. The molecule has 2 aromatic rings. The molecule has 0 aromatic heterocycles. The first kappa shape index (κ1) is 19.7. The van der Waals surface area contributed by atoms with E-state index < -0.39 is 17.6 Å². The van der Waals surface area contributed by atoms with E-state index >= 15 is 0 Å². The average molecular weight is 390 g/mol. The number of benzene rings is 2. The van der Waals surface area contributed by atoms with Crippen molar-refractivity contribution in [3.8, 4) is 17.2 Å². The standard InChI is InChI=1S/C17H15ClF3NO4/c1-24-13-8-3-10(9-14(13)25-2)15(23)22-11-4-6-12(7-5-11)26-17(20,21)16(18)19/h3-9,16H,1-2H3,(H,22,23)/t16-/m0/s1. The fraction of sp³-hybridized carbons (Fsp3) is 0.235. The van der Waals surface area contributed by atoms with Gasteiger partial charge in [0.05, 0.1) is 14.2 Å². The molecule has 2 aromatic carbocycles. The summed E-state index contributed by atoms with van der Waals surface area (Å²) in [6, 6.07) is 9.56. The third kappa shape index (κ3) is 4.72. The lowest BCUT2D eigenvalue weighted by Gasteiger charge is -2.17. The van der Waals surface area contributed by atoms with E-state index in [1.807, 2.05) is 0 Å². The number of carbonyl (C=O) groups excluding carboxylic acids is 1. The quantitative estimate of drug-likeness (QED) is 0.710. The molecule has 0 radical (unpaired) electrons. The largest absolute Gasteiger partial charge is 0.493 e. The van der Waals surface area contributed by atoms with Crippen LogP contribution in [0.2, 0.25) is 0 Å². The van der Waals surface area contributed by atoms with E-state index in [2.05, 4.69) is 10.1 Å². The zero-order valence-electron chi connectivity index (χ0n) is 13.8. The van der Waals surface area contributed by atoms with Crippen LogP contribution in [0.3, 0.4) is 0 Å². The van der Waals surface area contributed by atoms with Gasteiger partial charge in [-0.2, -0.15) is 8.78 Å². The maximum atomic E-state index is 13.1. The van der Waals surface area contributed by atoms with E-state index in [1.165, 1.54) is 38.5 Å². The molecule has 0 spiro atoms. The Balaban J connectivity index is 2.08. The molecule has 0 unspecified atom stereocenters. The Kier molecular flexibility index (Phi) is 6.20. The van der Waals surface area contributed by atoms with Crippen LogP contribution in [0.5, 0.6) is 17.2 Å². The number of rotatable bonds is 7. The molecule has 26 heavy (non-hydrogen) atoms. The lowest BCUT2D eigenvalue weighted by molar-refractivity contribution is -0.199. The van der Waals surface area contributed by atoms with Crippen LogP contribution in [0.4, 0.5) is 18.9 Å². The molecule has 1 N–H and O–H groups in total. The van der Waals surface area contributed by atoms with Crippen molar-refractivity contribution in [2.45, 2.75) is 11.7 Å². The Morgan fingerprint density at radius 1 is 1.08 bits per heavy atom. The van der Waals surface area contributed by atoms with Gasteiger partial charge in [-0.05, 0) is 42.5 Å².